The second kappa shape index (κ2) is 4.34. The van der Waals surface area contributed by atoms with E-state index in [1.54, 1.807) is 19.1 Å². The topological polar surface area (TPSA) is 53.3 Å². The smallest absolute Gasteiger partial charge is 0.237 e. The van der Waals surface area contributed by atoms with Crippen molar-refractivity contribution >= 4 is 11.6 Å². The number of carbonyl (C=O) groups excluding carboxylic acids is 1. The summed E-state index contributed by atoms with van der Waals surface area (Å²) in [5, 5.41) is 8.74. The van der Waals surface area contributed by atoms with Crippen LogP contribution in [0.4, 0.5) is 5.69 Å². The van der Waals surface area contributed by atoms with Crippen molar-refractivity contribution in [2.45, 2.75) is 25.2 Å². The van der Waals surface area contributed by atoms with Gasteiger partial charge in [0, 0.05) is 13.5 Å². The summed E-state index contributed by atoms with van der Waals surface area (Å²) in [6, 6.07) is 7.78. The summed E-state index contributed by atoms with van der Waals surface area (Å²) in [4.78, 5) is 14.0. The summed E-state index contributed by atoms with van der Waals surface area (Å²) in [5.41, 5.74) is 1.16. The number of rotatable bonds is 3. The number of para-hydroxylation sites is 1. The van der Waals surface area contributed by atoms with Gasteiger partial charge in [0.25, 0.3) is 0 Å². The normalized spacial score (nSPS) is 21.7. The van der Waals surface area contributed by atoms with Crippen molar-refractivity contribution < 1.29 is 9.53 Å². The molecule has 1 aliphatic rings. The third-order valence-corrected chi connectivity index (χ3v) is 3.66. The summed E-state index contributed by atoms with van der Waals surface area (Å²) in [7, 11) is 3.35. The molecule has 0 bridgehead atoms. The molecule has 94 valence electrons. The molecule has 0 fully saturated rings. The summed E-state index contributed by atoms with van der Waals surface area (Å²) in [5.74, 6) is 0.723. The molecule has 2 rings (SSSR count). The van der Waals surface area contributed by atoms with Gasteiger partial charge in [0.2, 0.25) is 5.91 Å². The largest absolute Gasteiger partial charge is 0.495 e. The highest BCUT2D eigenvalue weighted by atomic mass is 16.5. The van der Waals surface area contributed by atoms with Gasteiger partial charge in [-0.1, -0.05) is 12.1 Å². The predicted octanol–water partition coefficient (Wildman–Crippen LogP) is 2.23. The van der Waals surface area contributed by atoms with Crippen LogP contribution in [-0.4, -0.2) is 20.1 Å². The highest BCUT2D eigenvalue weighted by molar-refractivity contribution is 6.08. The van der Waals surface area contributed by atoms with Gasteiger partial charge in [-0.3, -0.25) is 4.79 Å². The van der Waals surface area contributed by atoms with Gasteiger partial charge in [-0.15, -0.1) is 0 Å². The van der Waals surface area contributed by atoms with Crippen LogP contribution in [0.1, 0.15) is 25.3 Å². The Hall–Kier alpha value is -2.02. The van der Waals surface area contributed by atoms with Crippen LogP contribution in [0.15, 0.2) is 18.2 Å². The Kier molecular flexibility index (Phi) is 3.00. The van der Waals surface area contributed by atoms with Crippen molar-refractivity contribution in [2.75, 3.05) is 19.1 Å². The second-order valence-electron chi connectivity index (χ2n) is 4.71. The second-order valence-corrected chi connectivity index (χ2v) is 4.71. The molecular weight excluding hydrogens is 228 g/mol. The minimum absolute atomic E-state index is 0.0252. The minimum atomic E-state index is -0.617. The Balaban J connectivity index is 2.56. The lowest BCUT2D eigenvalue weighted by Gasteiger charge is -2.21. The maximum Gasteiger partial charge on any atom is 0.237 e. The highest BCUT2D eigenvalue weighted by Crippen LogP contribution is 2.47. The molecule has 0 aliphatic carbocycles. The first-order valence-electron chi connectivity index (χ1n) is 5.89. The average Bonchev–Trinajstić information content (AvgIpc) is 2.59. The molecule has 18 heavy (non-hydrogen) atoms. The van der Waals surface area contributed by atoms with Gasteiger partial charge < -0.3 is 9.64 Å². The van der Waals surface area contributed by atoms with E-state index in [-0.39, 0.29) is 5.91 Å². The van der Waals surface area contributed by atoms with E-state index in [1.165, 1.54) is 0 Å². The first-order chi connectivity index (χ1) is 8.56. The van der Waals surface area contributed by atoms with Gasteiger partial charge in [0.15, 0.2) is 0 Å². The van der Waals surface area contributed by atoms with Crippen LogP contribution in [0, 0.1) is 11.3 Å². The van der Waals surface area contributed by atoms with Crippen LogP contribution in [0.5, 0.6) is 5.75 Å². The van der Waals surface area contributed by atoms with Crippen LogP contribution in [0.2, 0.25) is 0 Å². The molecule has 0 saturated heterocycles. The number of amides is 1. The first kappa shape index (κ1) is 12.4. The van der Waals surface area contributed by atoms with Crippen LogP contribution in [0.3, 0.4) is 0 Å². The van der Waals surface area contributed by atoms with Crippen LogP contribution >= 0.6 is 0 Å². The summed E-state index contributed by atoms with van der Waals surface area (Å²) >= 11 is 0. The Labute approximate surface area is 107 Å². The molecule has 4 heteroatoms. The van der Waals surface area contributed by atoms with Crippen molar-refractivity contribution in [2.24, 2.45) is 0 Å². The Morgan fingerprint density at radius 3 is 2.83 bits per heavy atom. The number of likely N-dealkylation sites (N-methyl/N-ethyl adjacent to an activating group) is 1. The lowest BCUT2D eigenvalue weighted by atomic mass is 9.80. The lowest BCUT2D eigenvalue weighted by Crippen LogP contribution is -2.36. The molecule has 1 atom stereocenters. The number of nitrogens with zero attached hydrogens (tertiary/aromatic N) is 2. The zero-order valence-electron chi connectivity index (χ0n) is 10.9. The fourth-order valence-electron chi connectivity index (χ4n) is 2.61. The maximum absolute atomic E-state index is 12.4. The number of fused-ring (bicyclic) bond motifs is 1. The minimum Gasteiger partial charge on any atom is -0.495 e. The number of anilines is 1. The fourth-order valence-corrected chi connectivity index (χ4v) is 2.61. The SMILES string of the molecule is COc1cccc2c1N(C)C(=O)C2(C)CCC#N. The molecule has 0 spiro atoms. The van der Waals surface area contributed by atoms with Crippen molar-refractivity contribution in [3.63, 3.8) is 0 Å². The van der Waals surface area contributed by atoms with E-state index in [4.69, 9.17) is 10.00 Å². The van der Waals surface area contributed by atoms with E-state index in [0.717, 1.165) is 11.3 Å². The van der Waals surface area contributed by atoms with E-state index in [0.29, 0.717) is 18.6 Å². The Bertz CT molecular complexity index is 533. The molecule has 0 radical (unpaired) electrons. The number of hydrogen-bond acceptors (Lipinski definition) is 3. The fraction of sp³-hybridized carbons (Fsp3) is 0.429. The molecule has 0 aromatic heterocycles. The first-order valence-corrected chi connectivity index (χ1v) is 5.89. The number of ether oxygens (including phenoxy) is 1. The van der Waals surface area contributed by atoms with Gasteiger partial charge in [-0.05, 0) is 25.0 Å². The van der Waals surface area contributed by atoms with Crippen molar-refractivity contribution in [3.05, 3.63) is 23.8 Å². The van der Waals surface area contributed by atoms with E-state index in [1.807, 2.05) is 25.1 Å². The lowest BCUT2D eigenvalue weighted by molar-refractivity contribution is -0.122. The molecule has 1 unspecified atom stereocenters. The number of hydrogen-bond donors (Lipinski definition) is 0. The summed E-state index contributed by atoms with van der Waals surface area (Å²) < 4.78 is 5.31. The summed E-state index contributed by atoms with van der Waals surface area (Å²) in [6.45, 7) is 1.90. The third kappa shape index (κ3) is 1.55. The molecular formula is C14H16N2O2. The molecule has 4 nitrogen and oxygen atoms in total. The zero-order chi connectivity index (χ0) is 13.3. The van der Waals surface area contributed by atoms with Gasteiger partial charge in [0.05, 0.1) is 24.3 Å². The molecule has 0 saturated carbocycles. The third-order valence-electron chi connectivity index (χ3n) is 3.66. The maximum atomic E-state index is 12.4. The molecule has 1 aromatic carbocycles. The molecule has 1 amide bonds. The van der Waals surface area contributed by atoms with Crippen LogP contribution in [0.25, 0.3) is 0 Å². The molecule has 1 aliphatic heterocycles. The Morgan fingerprint density at radius 1 is 1.50 bits per heavy atom. The molecule has 1 heterocycles. The van der Waals surface area contributed by atoms with E-state index < -0.39 is 5.41 Å². The van der Waals surface area contributed by atoms with Crippen molar-refractivity contribution in [1.29, 1.82) is 5.26 Å². The van der Waals surface area contributed by atoms with E-state index >= 15 is 0 Å². The van der Waals surface area contributed by atoms with Gasteiger partial charge >= 0.3 is 0 Å². The number of nitriles is 1. The molecule has 1 aromatic rings. The quantitative estimate of drug-likeness (QED) is 0.819. The van der Waals surface area contributed by atoms with Gasteiger partial charge in [-0.25, -0.2) is 0 Å². The monoisotopic (exact) mass is 244 g/mol. The van der Waals surface area contributed by atoms with Crippen LogP contribution < -0.4 is 9.64 Å². The molecule has 0 N–H and O–H groups in total. The van der Waals surface area contributed by atoms with E-state index in [2.05, 4.69) is 6.07 Å². The Morgan fingerprint density at radius 2 is 2.22 bits per heavy atom. The standard InChI is InChI=1S/C14H16N2O2/c1-14(8-5-9-15)10-6-4-7-11(18-3)12(10)16(2)13(14)17/h4,6-7H,5,8H2,1-3H3. The van der Waals surface area contributed by atoms with E-state index in [9.17, 15) is 4.79 Å². The number of benzene rings is 1. The number of methoxy groups -OCH3 is 1. The highest BCUT2D eigenvalue weighted by Gasteiger charge is 2.46. The average molecular weight is 244 g/mol. The van der Waals surface area contributed by atoms with Crippen LogP contribution in [-0.2, 0) is 10.2 Å². The predicted molar refractivity (Wildman–Crippen MR) is 68.6 cm³/mol. The zero-order valence-corrected chi connectivity index (χ0v) is 10.9. The van der Waals surface area contributed by atoms with Gasteiger partial charge in [0.1, 0.15) is 5.75 Å². The van der Waals surface area contributed by atoms with Gasteiger partial charge in [-0.2, -0.15) is 5.26 Å². The number of carbonyl (C=O) groups is 1. The van der Waals surface area contributed by atoms with Crippen molar-refractivity contribution in [1.82, 2.24) is 0 Å². The van der Waals surface area contributed by atoms with Crippen molar-refractivity contribution in [3.8, 4) is 11.8 Å². The summed E-state index contributed by atoms with van der Waals surface area (Å²) in [6.07, 6.45) is 0.902.